The minimum absolute atomic E-state index is 0.497. The van der Waals surface area contributed by atoms with E-state index in [4.69, 9.17) is 5.73 Å². The van der Waals surface area contributed by atoms with Crippen molar-refractivity contribution in [2.24, 2.45) is 23.7 Å². The first-order valence-corrected chi connectivity index (χ1v) is 7.97. The number of H-pyrrole nitrogens is 1. The van der Waals surface area contributed by atoms with Gasteiger partial charge >= 0.3 is 0 Å². The molecular formula is C16H25N3. The molecule has 0 amide bonds. The second-order valence-corrected chi connectivity index (χ2v) is 7.55. The van der Waals surface area contributed by atoms with Crippen molar-refractivity contribution in [3.8, 4) is 0 Å². The van der Waals surface area contributed by atoms with Crippen LogP contribution in [0.4, 0.5) is 5.82 Å². The first-order valence-electron chi connectivity index (χ1n) is 7.97. The summed E-state index contributed by atoms with van der Waals surface area (Å²) in [7, 11) is 0. The first-order chi connectivity index (χ1) is 9.13. The molecule has 0 saturated heterocycles. The number of aromatic amines is 1. The molecule has 0 aliphatic heterocycles. The average molecular weight is 259 g/mol. The standard InChI is InChI=1S/C16H25N3/c1-8(2)15-14(16(17)19-18-15)13-11-4-9-3-10(6-11)7-12(13)5-9/h8-13H,3-7H2,1-2H3,(H3,17,18,19). The highest BCUT2D eigenvalue weighted by Crippen LogP contribution is 2.60. The zero-order valence-electron chi connectivity index (χ0n) is 12.0. The molecule has 1 heterocycles. The fraction of sp³-hybridized carbons (Fsp3) is 0.812. The molecule has 0 atom stereocenters. The average Bonchev–Trinajstić information content (AvgIpc) is 2.70. The molecular weight excluding hydrogens is 234 g/mol. The molecule has 3 heteroatoms. The Labute approximate surface area is 115 Å². The van der Waals surface area contributed by atoms with Gasteiger partial charge in [0.05, 0.1) is 0 Å². The molecule has 0 unspecified atom stereocenters. The Bertz CT molecular complexity index is 460. The predicted molar refractivity (Wildman–Crippen MR) is 76.9 cm³/mol. The van der Waals surface area contributed by atoms with Crippen molar-refractivity contribution in [3.05, 3.63) is 11.3 Å². The summed E-state index contributed by atoms with van der Waals surface area (Å²) in [4.78, 5) is 0. The molecule has 19 heavy (non-hydrogen) atoms. The summed E-state index contributed by atoms with van der Waals surface area (Å²) >= 11 is 0. The maximum atomic E-state index is 6.22. The van der Waals surface area contributed by atoms with Gasteiger partial charge in [0.15, 0.2) is 0 Å². The fourth-order valence-electron chi connectivity index (χ4n) is 5.57. The van der Waals surface area contributed by atoms with Crippen LogP contribution in [-0.2, 0) is 0 Å². The third-order valence-corrected chi connectivity index (χ3v) is 6.00. The number of nitrogen functional groups attached to an aromatic ring is 1. The van der Waals surface area contributed by atoms with Crippen LogP contribution in [0.3, 0.4) is 0 Å². The highest BCUT2D eigenvalue weighted by molar-refractivity contribution is 5.47. The summed E-state index contributed by atoms with van der Waals surface area (Å²) in [5, 5.41) is 7.53. The monoisotopic (exact) mass is 259 g/mol. The summed E-state index contributed by atoms with van der Waals surface area (Å²) in [5.74, 6) is 5.79. The molecule has 1 aromatic rings. The predicted octanol–water partition coefficient (Wildman–Crippen LogP) is 3.66. The van der Waals surface area contributed by atoms with E-state index in [-0.39, 0.29) is 0 Å². The summed E-state index contributed by atoms with van der Waals surface area (Å²) < 4.78 is 0. The summed E-state index contributed by atoms with van der Waals surface area (Å²) in [6, 6.07) is 0. The van der Waals surface area contributed by atoms with Gasteiger partial charge in [-0.25, -0.2) is 0 Å². The lowest BCUT2D eigenvalue weighted by Gasteiger charge is -2.54. The van der Waals surface area contributed by atoms with Crippen LogP contribution in [0.2, 0.25) is 0 Å². The van der Waals surface area contributed by atoms with E-state index >= 15 is 0 Å². The smallest absolute Gasteiger partial charge is 0.148 e. The van der Waals surface area contributed by atoms with E-state index in [9.17, 15) is 0 Å². The number of nitrogens with zero attached hydrogens (tertiary/aromatic N) is 1. The minimum atomic E-state index is 0.497. The number of hydrogen-bond donors (Lipinski definition) is 2. The van der Waals surface area contributed by atoms with Gasteiger partial charge in [0.1, 0.15) is 5.82 Å². The topological polar surface area (TPSA) is 54.7 Å². The molecule has 4 aliphatic carbocycles. The van der Waals surface area contributed by atoms with E-state index in [1.807, 2.05) is 0 Å². The van der Waals surface area contributed by atoms with E-state index in [0.29, 0.717) is 11.8 Å². The van der Waals surface area contributed by atoms with Gasteiger partial charge in [-0.15, -0.1) is 0 Å². The van der Waals surface area contributed by atoms with E-state index in [0.717, 1.165) is 29.5 Å². The highest BCUT2D eigenvalue weighted by Gasteiger charge is 2.50. The number of hydrogen-bond acceptors (Lipinski definition) is 2. The van der Waals surface area contributed by atoms with E-state index < -0.39 is 0 Å². The van der Waals surface area contributed by atoms with Gasteiger partial charge in [-0.05, 0) is 67.6 Å². The zero-order chi connectivity index (χ0) is 13.1. The Balaban J connectivity index is 1.75. The number of anilines is 1. The van der Waals surface area contributed by atoms with Gasteiger partial charge in [-0.2, -0.15) is 5.10 Å². The van der Waals surface area contributed by atoms with E-state index in [1.165, 1.54) is 43.4 Å². The van der Waals surface area contributed by atoms with E-state index in [1.54, 1.807) is 0 Å². The molecule has 0 aromatic carbocycles. The molecule has 4 bridgehead atoms. The molecule has 3 N–H and O–H groups in total. The molecule has 4 saturated carbocycles. The molecule has 4 aliphatic rings. The van der Waals surface area contributed by atoms with Crippen molar-refractivity contribution in [2.75, 3.05) is 5.73 Å². The van der Waals surface area contributed by atoms with Crippen LogP contribution >= 0.6 is 0 Å². The van der Waals surface area contributed by atoms with Gasteiger partial charge < -0.3 is 5.73 Å². The third-order valence-electron chi connectivity index (χ3n) is 6.00. The molecule has 104 valence electrons. The second kappa shape index (κ2) is 4.00. The minimum Gasteiger partial charge on any atom is -0.382 e. The van der Waals surface area contributed by atoms with Crippen LogP contribution < -0.4 is 5.73 Å². The van der Waals surface area contributed by atoms with Crippen LogP contribution in [0.15, 0.2) is 0 Å². The van der Waals surface area contributed by atoms with Crippen molar-refractivity contribution in [1.29, 1.82) is 0 Å². The van der Waals surface area contributed by atoms with Crippen LogP contribution in [-0.4, -0.2) is 10.2 Å². The van der Waals surface area contributed by atoms with Crippen molar-refractivity contribution in [1.82, 2.24) is 10.2 Å². The van der Waals surface area contributed by atoms with Crippen LogP contribution in [0, 0.1) is 23.7 Å². The Kier molecular flexibility index (Phi) is 2.49. The maximum absolute atomic E-state index is 6.22. The normalized spacial score (nSPS) is 40.3. The molecule has 5 rings (SSSR count). The number of nitrogens with two attached hydrogens (primary N) is 1. The van der Waals surface area contributed by atoms with Gasteiger partial charge in [0.2, 0.25) is 0 Å². The van der Waals surface area contributed by atoms with Crippen molar-refractivity contribution < 1.29 is 0 Å². The first kappa shape index (κ1) is 11.8. The van der Waals surface area contributed by atoms with Crippen LogP contribution in [0.1, 0.15) is 69.0 Å². The van der Waals surface area contributed by atoms with E-state index in [2.05, 4.69) is 24.0 Å². The third kappa shape index (κ3) is 1.66. The summed E-state index contributed by atoms with van der Waals surface area (Å²) in [5.41, 5.74) is 8.91. The SMILES string of the molecule is CC(C)c1[nH]nc(N)c1C1C2CC3CC(C2)CC1C3. The molecule has 1 aromatic heterocycles. The van der Waals surface area contributed by atoms with Gasteiger partial charge in [-0.1, -0.05) is 13.8 Å². The highest BCUT2D eigenvalue weighted by atomic mass is 15.2. The second-order valence-electron chi connectivity index (χ2n) is 7.55. The van der Waals surface area contributed by atoms with Crippen LogP contribution in [0.25, 0.3) is 0 Å². The molecule has 4 fully saturated rings. The lowest BCUT2D eigenvalue weighted by atomic mass is 9.50. The van der Waals surface area contributed by atoms with Crippen molar-refractivity contribution in [2.45, 2.75) is 57.8 Å². The quantitative estimate of drug-likeness (QED) is 0.851. The largest absolute Gasteiger partial charge is 0.382 e. The van der Waals surface area contributed by atoms with Gasteiger partial charge in [0.25, 0.3) is 0 Å². The van der Waals surface area contributed by atoms with Gasteiger partial charge in [0, 0.05) is 11.3 Å². The Morgan fingerprint density at radius 3 is 2.16 bits per heavy atom. The number of rotatable bonds is 2. The maximum Gasteiger partial charge on any atom is 0.148 e. The summed E-state index contributed by atoms with van der Waals surface area (Å²) in [6.45, 7) is 4.49. The fourth-order valence-corrected chi connectivity index (χ4v) is 5.57. The van der Waals surface area contributed by atoms with Crippen molar-refractivity contribution in [3.63, 3.8) is 0 Å². The van der Waals surface area contributed by atoms with Crippen molar-refractivity contribution >= 4 is 5.82 Å². The lowest BCUT2D eigenvalue weighted by molar-refractivity contribution is -0.00288. The molecule has 0 radical (unpaired) electrons. The molecule has 3 nitrogen and oxygen atoms in total. The Morgan fingerprint density at radius 2 is 1.63 bits per heavy atom. The Hall–Kier alpha value is -0.990. The summed E-state index contributed by atoms with van der Waals surface area (Å²) in [6.07, 6.45) is 7.29. The molecule has 0 spiro atoms. The lowest BCUT2D eigenvalue weighted by Crippen LogP contribution is -2.44. The van der Waals surface area contributed by atoms with Crippen LogP contribution in [0.5, 0.6) is 0 Å². The number of nitrogens with one attached hydrogen (secondary N) is 1. The zero-order valence-corrected chi connectivity index (χ0v) is 12.0. The number of aromatic nitrogens is 2. The Morgan fingerprint density at radius 1 is 1.05 bits per heavy atom. The van der Waals surface area contributed by atoms with Gasteiger partial charge in [-0.3, -0.25) is 5.10 Å².